The topological polar surface area (TPSA) is 171 Å². The van der Waals surface area contributed by atoms with Crippen LogP contribution in [0.25, 0.3) is 0 Å². The first-order valence-corrected chi connectivity index (χ1v) is 13.0. The van der Waals surface area contributed by atoms with Crippen molar-refractivity contribution in [2.24, 2.45) is 17.6 Å². The average molecular weight is 539 g/mol. The molecular weight excluding hydrogens is 504 g/mol. The van der Waals surface area contributed by atoms with Gasteiger partial charge in [-0.3, -0.25) is 19.7 Å². The number of anilines is 1. The number of carboxylic acids is 1. The van der Waals surface area contributed by atoms with E-state index in [0.29, 0.717) is 18.5 Å². The number of para-hydroxylation sites is 2. The summed E-state index contributed by atoms with van der Waals surface area (Å²) in [6.45, 7) is 3.94. The maximum atomic E-state index is 14.2. The summed E-state index contributed by atoms with van der Waals surface area (Å²) in [4.78, 5) is 53.7. The minimum atomic E-state index is -1.85. The molecule has 39 heavy (non-hydrogen) atoms. The quantitative estimate of drug-likeness (QED) is 0.226. The number of nitrogens with one attached hydrogen (secondary N) is 2. The largest absolute Gasteiger partial charge is 0.504 e. The van der Waals surface area contributed by atoms with Crippen molar-refractivity contribution in [2.45, 2.75) is 51.1 Å². The van der Waals surface area contributed by atoms with E-state index in [1.807, 2.05) is 32.0 Å². The zero-order valence-electron chi connectivity index (χ0n) is 22.2. The number of carboxylic acid groups (broad SMARTS) is 1. The number of aryl methyl sites for hydroxylation is 2. The first-order chi connectivity index (χ1) is 18.6. The molecule has 0 bridgehead atoms. The zero-order chi connectivity index (χ0) is 28.5. The van der Waals surface area contributed by atoms with Gasteiger partial charge in [0.1, 0.15) is 5.54 Å². The Bertz CT molecular complexity index is 1290. The summed E-state index contributed by atoms with van der Waals surface area (Å²) in [5.74, 6) is -4.89. The Labute approximate surface area is 226 Å². The first-order valence-electron chi connectivity index (χ1n) is 13.0. The van der Waals surface area contributed by atoms with Gasteiger partial charge in [0.25, 0.3) is 0 Å². The molecule has 2 aromatic rings. The molecule has 0 aromatic heterocycles. The highest BCUT2D eigenvalue weighted by molar-refractivity contribution is 6.25. The molecule has 0 radical (unpaired) electrons. The van der Waals surface area contributed by atoms with Crippen LogP contribution in [0.2, 0.25) is 0 Å². The third-order valence-electron chi connectivity index (χ3n) is 7.86. The SMILES string of the molecule is CCc1cccc(CC)c1N1C(=O)C2C(c3cccc(OC)c3O)NC(CCCNC(N)=O)(C(=O)O)C2C1=O. The fourth-order valence-electron chi connectivity index (χ4n) is 6.06. The number of amides is 4. The molecule has 4 atom stereocenters. The second-order valence-electron chi connectivity index (χ2n) is 9.84. The number of phenolic OH excluding ortho intramolecular Hbond substituents is 1. The number of aromatic hydroxyl groups is 1. The van der Waals surface area contributed by atoms with Crippen molar-refractivity contribution < 1.29 is 34.1 Å². The van der Waals surface area contributed by atoms with E-state index in [2.05, 4.69) is 10.6 Å². The molecule has 2 aromatic carbocycles. The lowest BCUT2D eigenvalue weighted by molar-refractivity contribution is -0.149. The van der Waals surface area contributed by atoms with Crippen molar-refractivity contribution in [3.05, 3.63) is 53.1 Å². The number of carbonyl (C=O) groups is 4. The van der Waals surface area contributed by atoms with Crippen molar-refractivity contribution in [3.63, 3.8) is 0 Å². The molecule has 2 fully saturated rings. The Kier molecular flexibility index (Phi) is 7.82. The van der Waals surface area contributed by atoms with Crippen LogP contribution in [0.5, 0.6) is 11.5 Å². The summed E-state index contributed by atoms with van der Waals surface area (Å²) < 4.78 is 5.25. The van der Waals surface area contributed by atoms with Crippen LogP contribution in [0.15, 0.2) is 36.4 Å². The lowest BCUT2D eigenvalue weighted by Gasteiger charge is -2.32. The van der Waals surface area contributed by atoms with Gasteiger partial charge in [-0.1, -0.05) is 44.2 Å². The number of nitrogens with two attached hydrogens (primary N) is 1. The summed E-state index contributed by atoms with van der Waals surface area (Å²) in [7, 11) is 1.39. The lowest BCUT2D eigenvalue weighted by Crippen LogP contribution is -2.56. The van der Waals surface area contributed by atoms with Crippen LogP contribution in [0.4, 0.5) is 10.5 Å². The third-order valence-corrected chi connectivity index (χ3v) is 7.86. The van der Waals surface area contributed by atoms with Gasteiger partial charge in [0, 0.05) is 18.2 Å². The Balaban J connectivity index is 1.88. The molecule has 11 heteroatoms. The fraction of sp³-hybridized carbons (Fsp3) is 0.429. The van der Waals surface area contributed by atoms with Gasteiger partial charge in [0.15, 0.2) is 11.5 Å². The number of nitrogens with zero attached hydrogens (tertiary/aromatic N) is 1. The van der Waals surface area contributed by atoms with Crippen molar-refractivity contribution in [3.8, 4) is 11.5 Å². The average Bonchev–Trinajstić information content (AvgIpc) is 3.39. The third kappa shape index (κ3) is 4.56. The summed E-state index contributed by atoms with van der Waals surface area (Å²) in [5, 5.41) is 27.0. The van der Waals surface area contributed by atoms with Gasteiger partial charge in [-0.25, -0.2) is 9.69 Å². The van der Waals surface area contributed by atoms with Crippen LogP contribution in [-0.4, -0.2) is 53.2 Å². The van der Waals surface area contributed by atoms with Gasteiger partial charge in [-0.2, -0.15) is 0 Å². The van der Waals surface area contributed by atoms with Crippen LogP contribution in [0.1, 0.15) is 49.4 Å². The summed E-state index contributed by atoms with van der Waals surface area (Å²) in [6.07, 6.45) is 1.23. The molecule has 0 spiro atoms. The number of benzene rings is 2. The molecule has 2 aliphatic heterocycles. The number of hydrogen-bond donors (Lipinski definition) is 5. The van der Waals surface area contributed by atoms with Crippen LogP contribution in [-0.2, 0) is 27.2 Å². The predicted octanol–water partition coefficient (Wildman–Crippen LogP) is 2.25. The summed E-state index contributed by atoms with van der Waals surface area (Å²) >= 11 is 0. The second kappa shape index (κ2) is 10.9. The number of primary amides is 1. The van der Waals surface area contributed by atoms with Crippen LogP contribution in [0.3, 0.4) is 0 Å². The minimum absolute atomic E-state index is 0.0755. The number of aliphatic carboxylic acids is 1. The van der Waals surface area contributed by atoms with Crippen molar-refractivity contribution in [1.82, 2.24) is 10.6 Å². The van der Waals surface area contributed by atoms with E-state index in [9.17, 15) is 29.4 Å². The highest BCUT2D eigenvalue weighted by Crippen LogP contribution is 2.54. The Morgan fingerprint density at radius 2 is 1.74 bits per heavy atom. The smallest absolute Gasteiger partial charge is 0.324 e. The molecular formula is C28H34N4O7. The number of methoxy groups -OCH3 is 1. The molecule has 0 aliphatic carbocycles. The molecule has 2 aliphatic rings. The number of fused-ring (bicyclic) bond motifs is 1. The maximum Gasteiger partial charge on any atom is 0.324 e. The van der Waals surface area contributed by atoms with E-state index in [0.717, 1.165) is 16.0 Å². The monoisotopic (exact) mass is 538 g/mol. The molecule has 4 amide bonds. The van der Waals surface area contributed by atoms with Crippen molar-refractivity contribution >= 4 is 29.5 Å². The first kappa shape index (κ1) is 27.9. The summed E-state index contributed by atoms with van der Waals surface area (Å²) in [6, 6.07) is 8.59. The van der Waals surface area contributed by atoms with Crippen molar-refractivity contribution in [1.29, 1.82) is 0 Å². The molecule has 0 saturated carbocycles. The number of ether oxygens (including phenoxy) is 1. The van der Waals surface area contributed by atoms with Gasteiger partial charge < -0.3 is 26.0 Å². The highest BCUT2D eigenvalue weighted by atomic mass is 16.5. The van der Waals surface area contributed by atoms with Gasteiger partial charge in [0.05, 0.1) is 24.6 Å². The molecule has 4 rings (SSSR count). The number of hydrogen-bond acceptors (Lipinski definition) is 7. The van der Waals surface area contributed by atoms with E-state index < -0.39 is 47.2 Å². The molecule has 2 heterocycles. The Hall–Kier alpha value is -4.12. The van der Waals surface area contributed by atoms with E-state index >= 15 is 0 Å². The highest BCUT2D eigenvalue weighted by Gasteiger charge is 2.69. The number of imide groups is 1. The fourth-order valence-corrected chi connectivity index (χ4v) is 6.06. The van der Waals surface area contributed by atoms with Gasteiger partial charge >= 0.3 is 12.0 Å². The second-order valence-corrected chi connectivity index (χ2v) is 9.84. The molecule has 2 saturated heterocycles. The Morgan fingerprint density at radius 3 is 2.31 bits per heavy atom. The van der Waals surface area contributed by atoms with Gasteiger partial charge in [-0.15, -0.1) is 0 Å². The number of rotatable bonds is 10. The van der Waals surface area contributed by atoms with Crippen molar-refractivity contribution in [2.75, 3.05) is 18.6 Å². The van der Waals surface area contributed by atoms with E-state index in [4.69, 9.17) is 10.5 Å². The molecule has 4 unspecified atom stereocenters. The van der Waals surface area contributed by atoms with E-state index in [1.54, 1.807) is 18.2 Å². The zero-order valence-corrected chi connectivity index (χ0v) is 22.2. The lowest BCUT2D eigenvalue weighted by atomic mass is 9.77. The van der Waals surface area contributed by atoms with E-state index in [-0.39, 0.29) is 36.4 Å². The number of carbonyl (C=O) groups excluding carboxylic acids is 3. The van der Waals surface area contributed by atoms with Crippen LogP contribution < -0.4 is 26.0 Å². The standard InChI is InChI=1S/C28H34N4O7/c1-4-15-9-6-10-16(5-2)22(15)32-24(34)19-20(25(32)35)28(26(36)37,13-8-14-30-27(29)38)31-21(19)17-11-7-12-18(39-3)23(17)33/h6-7,9-12,19-21,31,33H,4-5,8,13-14H2,1-3H3,(H,36,37)(H3,29,30,38). The normalized spacial score (nSPS) is 24.1. The molecule has 6 N–H and O–H groups in total. The van der Waals surface area contributed by atoms with Gasteiger partial charge in [0.2, 0.25) is 11.8 Å². The number of phenols is 1. The van der Waals surface area contributed by atoms with Crippen LogP contribution >= 0.6 is 0 Å². The van der Waals surface area contributed by atoms with Gasteiger partial charge in [-0.05, 0) is 42.9 Å². The predicted molar refractivity (Wildman–Crippen MR) is 142 cm³/mol. The van der Waals surface area contributed by atoms with Crippen LogP contribution in [0, 0.1) is 11.8 Å². The molecule has 208 valence electrons. The molecule has 11 nitrogen and oxygen atoms in total. The minimum Gasteiger partial charge on any atom is -0.504 e. The maximum absolute atomic E-state index is 14.2. The Morgan fingerprint density at radius 1 is 1.10 bits per heavy atom. The number of urea groups is 1. The van der Waals surface area contributed by atoms with E-state index in [1.165, 1.54) is 7.11 Å². The summed E-state index contributed by atoms with van der Waals surface area (Å²) in [5.41, 5.74) is 5.66.